The third-order valence-electron chi connectivity index (χ3n) is 3.40. The second-order valence-corrected chi connectivity index (χ2v) is 5.44. The van der Waals surface area contributed by atoms with Crippen LogP contribution in [0.5, 0.6) is 0 Å². The van der Waals surface area contributed by atoms with Gasteiger partial charge >= 0.3 is 12.0 Å². The molecule has 0 aromatic heterocycles. The summed E-state index contributed by atoms with van der Waals surface area (Å²) in [5.74, 6) is -1.95. The fourth-order valence-electron chi connectivity index (χ4n) is 2.27. The fourth-order valence-corrected chi connectivity index (χ4v) is 2.27. The van der Waals surface area contributed by atoms with Crippen LogP contribution in [0.2, 0.25) is 0 Å². The Morgan fingerprint density at radius 1 is 1.08 bits per heavy atom. The quantitative estimate of drug-likeness (QED) is 0.777. The predicted octanol–water partition coefficient (Wildman–Crippen LogP) is 2.50. The van der Waals surface area contributed by atoms with Crippen LogP contribution in [0.25, 0.3) is 0 Å². The molecule has 2 rings (SSSR count). The highest BCUT2D eigenvalue weighted by Crippen LogP contribution is 2.19. The Kier molecular flexibility index (Phi) is 6.84. The maximum atomic E-state index is 13.2. The number of carbonyl (C=O) groups excluding carboxylic acids is 3. The summed E-state index contributed by atoms with van der Waals surface area (Å²) in [6.45, 7) is 2.05. The van der Waals surface area contributed by atoms with E-state index in [0.717, 1.165) is 0 Å². The molecule has 7 heteroatoms. The number of hydrogen-bond donors (Lipinski definition) is 2. The van der Waals surface area contributed by atoms with Crippen molar-refractivity contribution in [3.63, 3.8) is 0 Å². The summed E-state index contributed by atoms with van der Waals surface area (Å²) in [5.41, 5.74) is 0.841. The van der Waals surface area contributed by atoms with Crippen LogP contribution in [-0.2, 0) is 20.7 Å². The van der Waals surface area contributed by atoms with E-state index >= 15 is 0 Å². The second-order valence-electron chi connectivity index (χ2n) is 5.44. The molecule has 6 nitrogen and oxygen atoms in total. The molecule has 0 radical (unpaired) electrons. The Hall–Kier alpha value is -3.22. The Balaban J connectivity index is 2.12. The minimum atomic E-state index is -1.29. The average Bonchev–Trinajstić information content (AvgIpc) is 2.60. The van der Waals surface area contributed by atoms with Crippen molar-refractivity contribution >= 4 is 17.9 Å². The molecule has 0 aliphatic heterocycles. The van der Waals surface area contributed by atoms with E-state index in [4.69, 9.17) is 4.74 Å². The lowest BCUT2D eigenvalue weighted by molar-refractivity contribution is -0.155. The number of urea groups is 1. The molecule has 0 aliphatic rings. The third-order valence-corrected chi connectivity index (χ3v) is 3.40. The first kappa shape index (κ1) is 19.1. The molecule has 0 unspecified atom stereocenters. The van der Waals surface area contributed by atoms with Crippen molar-refractivity contribution in [1.29, 1.82) is 0 Å². The van der Waals surface area contributed by atoms with Gasteiger partial charge in [0.15, 0.2) is 0 Å². The summed E-state index contributed by atoms with van der Waals surface area (Å²) in [7, 11) is 0. The van der Waals surface area contributed by atoms with Crippen LogP contribution in [0, 0.1) is 5.82 Å². The minimum Gasteiger partial charge on any atom is -0.447 e. The molecule has 1 atom stereocenters. The number of nitrogens with one attached hydrogen (secondary N) is 2. The van der Waals surface area contributed by atoms with Crippen molar-refractivity contribution in [3.05, 3.63) is 71.5 Å². The Bertz CT molecular complexity index is 780. The highest BCUT2D eigenvalue weighted by atomic mass is 19.1. The van der Waals surface area contributed by atoms with Gasteiger partial charge in [0.25, 0.3) is 5.91 Å². The van der Waals surface area contributed by atoms with Gasteiger partial charge in [-0.3, -0.25) is 14.9 Å². The van der Waals surface area contributed by atoms with Crippen LogP contribution < -0.4 is 10.6 Å². The minimum absolute atomic E-state index is 0.199. The number of imide groups is 1. The monoisotopic (exact) mass is 358 g/mol. The van der Waals surface area contributed by atoms with Gasteiger partial charge in [0, 0.05) is 12.1 Å². The lowest BCUT2D eigenvalue weighted by Crippen LogP contribution is -2.42. The van der Waals surface area contributed by atoms with E-state index in [1.54, 1.807) is 43.3 Å². The van der Waals surface area contributed by atoms with Gasteiger partial charge in [-0.2, -0.15) is 0 Å². The average molecular weight is 358 g/mol. The van der Waals surface area contributed by atoms with Crippen LogP contribution in [0.15, 0.2) is 54.6 Å². The van der Waals surface area contributed by atoms with E-state index in [1.165, 1.54) is 18.2 Å². The number of carbonyl (C=O) groups is 3. The normalized spacial score (nSPS) is 11.3. The number of amides is 3. The highest BCUT2D eigenvalue weighted by molar-refractivity contribution is 5.97. The molecule has 26 heavy (non-hydrogen) atoms. The van der Waals surface area contributed by atoms with Crippen LogP contribution in [0.3, 0.4) is 0 Å². The van der Waals surface area contributed by atoms with E-state index in [-0.39, 0.29) is 6.42 Å². The zero-order valence-corrected chi connectivity index (χ0v) is 14.2. The molecule has 2 aromatic rings. The topological polar surface area (TPSA) is 84.5 Å². The first-order valence-corrected chi connectivity index (χ1v) is 8.07. The zero-order valence-electron chi connectivity index (χ0n) is 14.2. The van der Waals surface area contributed by atoms with Crippen molar-refractivity contribution in [1.82, 2.24) is 10.6 Å². The maximum Gasteiger partial charge on any atom is 0.321 e. The number of esters is 1. The van der Waals surface area contributed by atoms with E-state index in [2.05, 4.69) is 10.6 Å². The molecular weight excluding hydrogens is 339 g/mol. The number of benzene rings is 2. The SMILES string of the molecule is CCNC(=O)NC(=O)[C@@H](OC(=O)Cc1cccc(F)c1)c1ccccc1. The van der Waals surface area contributed by atoms with Gasteiger partial charge in [-0.1, -0.05) is 42.5 Å². The van der Waals surface area contributed by atoms with Crippen molar-refractivity contribution in [2.75, 3.05) is 6.54 Å². The molecular formula is C19H19FN2O4. The standard InChI is InChI=1S/C19H19FN2O4/c1-2-21-19(25)22-18(24)17(14-8-4-3-5-9-14)26-16(23)12-13-7-6-10-15(20)11-13/h3-11,17H,2,12H2,1H3,(H2,21,22,24,25)/t17-/m0/s1. The summed E-state index contributed by atoms with van der Waals surface area (Å²) in [6, 6.07) is 13.2. The molecule has 0 fully saturated rings. The lowest BCUT2D eigenvalue weighted by Gasteiger charge is -2.17. The molecule has 0 bridgehead atoms. The molecule has 2 N–H and O–H groups in total. The van der Waals surface area contributed by atoms with Crippen molar-refractivity contribution < 1.29 is 23.5 Å². The number of halogens is 1. The van der Waals surface area contributed by atoms with Gasteiger partial charge in [-0.25, -0.2) is 9.18 Å². The summed E-state index contributed by atoms with van der Waals surface area (Å²) >= 11 is 0. The molecule has 0 saturated heterocycles. The Morgan fingerprint density at radius 2 is 1.81 bits per heavy atom. The van der Waals surface area contributed by atoms with Gasteiger partial charge in [-0.15, -0.1) is 0 Å². The smallest absolute Gasteiger partial charge is 0.321 e. The van der Waals surface area contributed by atoms with Crippen molar-refractivity contribution in [2.24, 2.45) is 0 Å². The van der Waals surface area contributed by atoms with E-state index < -0.39 is 29.8 Å². The maximum absolute atomic E-state index is 13.2. The van der Waals surface area contributed by atoms with Crippen LogP contribution in [0.1, 0.15) is 24.2 Å². The first-order valence-electron chi connectivity index (χ1n) is 8.07. The molecule has 3 amide bonds. The van der Waals surface area contributed by atoms with Gasteiger partial charge in [0.1, 0.15) is 5.82 Å². The molecule has 0 spiro atoms. The Morgan fingerprint density at radius 3 is 2.46 bits per heavy atom. The molecule has 0 saturated carbocycles. The van der Waals surface area contributed by atoms with E-state index in [1.807, 2.05) is 0 Å². The van der Waals surface area contributed by atoms with Crippen molar-refractivity contribution in [3.8, 4) is 0 Å². The number of hydrogen-bond acceptors (Lipinski definition) is 4. The fraction of sp³-hybridized carbons (Fsp3) is 0.211. The van der Waals surface area contributed by atoms with Gasteiger partial charge in [0.2, 0.25) is 6.10 Å². The summed E-state index contributed by atoms with van der Waals surface area (Å²) in [6.07, 6.45) is -1.49. The zero-order chi connectivity index (χ0) is 18.9. The van der Waals surface area contributed by atoms with Gasteiger partial charge < -0.3 is 10.1 Å². The largest absolute Gasteiger partial charge is 0.447 e. The summed E-state index contributed by atoms with van der Waals surface area (Å²) in [4.78, 5) is 36.1. The molecule has 136 valence electrons. The molecule has 2 aromatic carbocycles. The van der Waals surface area contributed by atoms with Crippen molar-refractivity contribution in [2.45, 2.75) is 19.4 Å². The predicted molar refractivity (Wildman–Crippen MR) is 92.6 cm³/mol. The lowest BCUT2D eigenvalue weighted by atomic mass is 10.1. The van der Waals surface area contributed by atoms with Crippen LogP contribution in [0.4, 0.5) is 9.18 Å². The first-order chi connectivity index (χ1) is 12.5. The highest BCUT2D eigenvalue weighted by Gasteiger charge is 2.26. The van der Waals surface area contributed by atoms with E-state index in [0.29, 0.717) is 17.7 Å². The number of rotatable bonds is 6. The van der Waals surface area contributed by atoms with E-state index in [9.17, 15) is 18.8 Å². The molecule has 0 heterocycles. The Labute approximate surface area is 150 Å². The number of ether oxygens (including phenoxy) is 1. The third kappa shape index (κ3) is 5.70. The van der Waals surface area contributed by atoms with Crippen LogP contribution in [-0.4, -0.2) is 24.5 Å². The van der Waals surface area contributed by atoms with Crippen LogP contribution >= 0.6 is 0 Å². The van der Waals surface area contributed by atoms with Gasteiger partial charge in [0.05, 0.1) is 6.42 Å². The molecule has 0 aliphatic carbocycles. The summed E-state index contributed by atoms with van der Waals surface area (Å²) < 4.78 is 18.5. The summed E-state index contributed by atoms with van der Waals surface area (Å²) in [5, 5.41) is 4.56. The van der Waals surface area contributed by atoms with Gasteiger partial charge in [-0.05, 0) is 24.6 Å². The second kappa shape index (κ2) is 9.31.